The number of amides is 1. The highest BCUT2D eigenvalue weighted by molar-refractivity contribution is 7.20. The molecule has 0 atom stereocenters. The molecule has 2 N–H and O–H groups in total. The number of thiophene rings is 1. The Bertz CT molecular complexity index is 732. The van der Waals surface area contributed by atoms with E-state index >= 15 is 0 Å². The van der Waals surface area contributed by atoms with E-state index in [4.69, 9.17) is 0 Å². The van der Waals surface area contributed by atoms with Gasteiger partial charge in [0.15, 0.2) is 0 Å². The fraction of sp³-hybridized carbons (Fsp3) is 0.250. The topological polar surface area (TPSA) is 75.6 Å². The van der Waals surface area contributed by atoms with E-state index in [9.17, 15) is 4.79 Å². The highest BCUT2D eigenvalue weighted by atomic mass is 32.1. The van der Waals surface area contributed by atoms with Crippen LogP contribution in [-0.4, -0.2) is 25.9 Å². The minimum absolute atomic E-state index is 0.120. The zero-order valence-corrected chi connectivity index (χ0v) is 11.6. The highest BCUT2D eigenvalue weighted by Crippen LogP contribution is 2.28. The maximum absolute atomic E-state index is 12.2. The quantitative estimate of drug-likeness (QED) is 0.753. The van der Waals surface area contributed by atoms with Gasteiger partial charge in [-0.05, 0) is 19.9 Å². The Hall–Kier alpha value is -2.15. The van der Waals surface area contributed by atoms with Crippen LogP contribution in [0.15, 0.2) is 12.3 Å². The summed E-state index contributed by atoms with van der Waals surface area (Å²) < 4.78 is 1.80. The Morgan fingerprint density at radius 2 is 2.26 bits per heavy atom. The first-order chi connectivity index (χ1) is 9.06. The van der Waals surface area contributed by atoms with Gasteiger partial charge < -0.3 is 5.32 Å². The number of aromatic amines is 1. The number of aryl methyl sites for hydroxylation is 3. The van der Waals surface area contributed by atoms with Crippen LogP contribution in [0.3, 0.4) is 0 Å². The van der Waals surface area contributed by atoms with Crippen LogP contribution in [0, 0.1) is 13.8 Å². The summed E-state index contributed by atoms with van der Waals surface area (Å²) in [6.07, 6.45) is 1.60. The average molecular weight is 275 g/mol. The third-order valence-electron chi connectivity index (χ3n) is 3.00. The molecule has 3 aromatic heterocycles. The van der Waals surface area contributed by atoms with Crippen LogP contribution in [-0.2, 0) is 7.05 Å². The number of anilines is 1. The van der Waals surface area contributed by atoms with Crippen molar-refractivity contribution < 1.29 is 4.79 Å². The van der Waals surface area contributed by atoms with Gasteiger partial charge in [-0.25, -0.2) is 0 Å². The number of rotatable bonds is 2. The molecule has 3 rings (SSSR count). The van der Waals surface area contributed by atoms with E-state index in [0.29, 0.717) is 10.6 Å². The van der Waals surface area contributed by atoms with Gasteiger partial charge in [-0.15, -0.1) is 11.3 Å². The fourth-order valence-electron chi connectivity index (χ4n) is 1.98. The summed E-state index contributed by atoms with van der Waals surface area (Å²) in [6.45, 7) is 3.80. The molecule has 0 aromatic carbocycles. The largest absolute Gasteiger partial charge is 0.318 e. The Morgan fingerprint density at radius 1 is 1.47 bits per heavy atom. The van der Waals surface area contributed by atoms with Gasteiger partial charge in [0.25, 0.3) is 5.91 Å². The highest BCUT2D eigenvalue weighted by Gasteiger charge is 2.16. The number of nitrogens with one attached hydrogen (secondary N) is 2. The van der Waals surface area contributed by atoms with Gasteiger partial charge in [0, 0.05) is 12.4 Å². The molecule has 7 heteroatoms. The van der Waals surface area contributed by atoms with Gasteiger partial charge in [0.2, 0.25) is 0 Å². The first-order valence-corrected chi connectivity index (χ1v) is 6.62. The third kappa shape index (κ3) is 1.91. The molecular weight excluding hydrogens is 262 g/mol. The van der Waals surface area contributed by atoms with Crippen molar-refractivity contribution in [1.82, 2.24) is 20.0 Å². The molecule has 0 fully saturated rings. The van der Waals surface area contributed by atoms with Gasteiger partial charge in [0.05, 0.1) is 28.1 Å². The van der Waals surface area contributed by atoms with Crippen LogP contribution in [0.1, 0.15) is 21.1 Å². The first-order valence-electron chi connectivity index (χ1n) is 5.80. The zero-order chi connectivity index (χ0) is 13.6. The molecule has 98 valence electrons. The SMILES string of the molecule is Cc1[nH]ncc1NC(=O)c1cc2c(C)nn(C)c2s1. The molecule has 0 unspecified atom stereocenters. The maximum atomic E-state index is 12.2. The molecule has 0 spiro atoms. The lowest BCUT2D eigenvalue weighted by Gasteiger charge is -2.00. The molecule has 3 aromatic rings. The monoisotopic (exact) mass is 275 g/mol. The molecule has 0 saturated heterocycles. The summed E-state index contributed by atoms with van der Waals surface area (Å²) in [5, 5.41) is 14.9. The minimum atomic E-state index is -0.120. The Morgan fingerprint density at radius 3 is 2.89 bits per heavy atom. The first kappa shape index (κ1) is 11.9. The molecule has 6 nitrogen and oxygen atoms in total. The molecule has 0 bridgehead atoms. The number of aromatic nitrogens is 4. The van der Waals surface area contributed by atoms with Crippen LogP contribution in [0.2, 0.25) is 0 Å². The lowest BCUT2D eigenvalue weighted by molar-refractivity contribution is 0.103. The predicted molar refractivity (Wildman–Crippen MR) is 74.6 cm³/mol. The second kappa shape index (κ2) is 4.20. The summed E-state index contributed by atoms with van der Waals surface area (Å²) in [5.41, 5.74) is 2.48. The van der Waals surface area contributed by atoms with Crippen molar-refractivity contribution in [3.05, 3.63) is 28.5 Å². The van der Waals surface area contributed by atoms with Crippen molar-refractivity contribution in [2.75, 3.05) is 5.32 Å². The summed E-state index contributed by atoms with van der Waals surface area (Å²) in [6, 6.07) is 1.88. The number of hydrogen-bond donors (Lipinski definition) is 2. The maximum Gasteiger partial charge on any atom is 0.265 e. The predicted octanol–water partition coefficient (Wildman–Crippen LogP) is 2.23. The van der Waals surface area contributed by atoms with Crippen molar-refractivity contribution in [3.63, 3.8) is 0 Å². The number of nitrogens with zero attached hydrogens (tertiary/aromatic N) is 3. The van der Waals surface area contributed by atoms with E-state index in [0.717, 1.165) is 21.6 Å². The molecule has 0 radical (unpaired) electrons. The second-order valence-electron chi connectivity index (χ2n) is 4.40. The number of hydrogen-bond acceptors (Lipinski definition) is 4. The zero-order valence-electron chi connectivity index (χ0n) is 10.8. The second-order valence-corrected chi connectivity index (χ2v) is 5.43. The molecule has 1 amide bonds. The number of fused-ring (bicyclic) bond motifs is 1. The molecule has 19 heavy (non-hydrogen) atoms. The van der Waals surface area contributed by atoms with Crippen molar-refractivity contribution >= 4 is 33.1 Å². The summed E-state index contributed by atoms with van der Waals surface area (Å²) in [5.74, 6) is -0.120. The lowest BCUT2D eigenvalue weighted by atomic mass is 10.3. The molecule has 0 saturated carbocycles. The van der Waals surface area contributed by atoms with Crippen molar-refractivity contribution in [1.29, 1.82) is 0 Å². The van der Waals surface area contributed by atoms with Crippen molar-refractivity contribution in [2.24, 2.45) is 7.05 Å². The summed E-state index contributed by atoms with van der Waals surface area (Å²) in [7, 11) is 1.88. The number of carbonyl (C=O) groups is 1. The van der Waals surface area contributed by atoms with Gasteiger partial charge in [-0.1, -0.05) is 0 Å². The Kier molecular flexibility index (Phi) is 2.63. The van der Waals surface area contributed by atoms with E-state index in [1.807, 2.05) is 27.0 Å². The van der Waals surface area contributed by atoms with Crippen molar-refractivity contribution in [2.45, 2.75) is 13.8 Å². The van der Waals surface area contributed by atoms with Gasteiger partial charge >= 0.3 is 0 Å². The molecule has 0 aliphatic heterocycles. The van der Waals surface area contributed by atoms with Crippen LogP contribution < -0.4 is 5.32 Å². The Labute approximate surface area is 113 Å². The van der Waals surface area contributed by atoms with E-state index in [1.165, 1.54) is 11.3 Å². The number of H-pyrrole nitrogens is 1. The van der Waals surface area contributed by atoms with Crippen LogP contribution in [0.25, 0.3) is 10.2 Å². The van der Waals surface area contributed by atoms with Crippen molar-refractivity contribution in [3.8, 4) is 0 Å². The number of carbonyl (C=O) groups excluding carboxylic acids is 1. The van der Waals surface area contributed by atoms with Crippen LogP contribution in [0.5, 0.6) is 0 Å². The van der Waals surface area contributed by atoms with E-state index in [-0.39, 0.29) is 5.91 Å². The smallest absolute Gasteiger partial charge is 0.265 e. The van der Waals surface area contributed by atoms with Crippen LogP contribution in [0.4, 0.5) is 5.69 Å². The summed E-state index contributed by atoms with van der Waals surface area (Å²) in [4.78, 5) is 13.9. The minimum Gasteiger partial charge on any atom is -0.318 e. The molecule has 3 heterocycles. The van der Waals surface area contributed by atoms with E-state index in [2.05, 4.69) is 20.6 Å². The standard InChI is InChI=1S/C12H13N5OS/c1-6-8-4-10(19-12(8)17(3)16-6)11(18)14-9-5-13-15-7(9)2/h4-5H,1-3H3,(H,13,15)(H,14,18). The van der Waals surface area contributed by atoms with Crippen LogP contribution >= 0.6 is 11.3 Å². The van der Waals surface area contributed by atoms with Gasteiger partial charge in [-0.3, -0.25) is 14.6 Å². The molecule has 0 aliphatic carbocycles. The summed E-state index contributed by atoms with van der Waals surface area (Å²) >= 11 is 1.44. The molecular formula is C12H13N5OS. The van der Waals surface area contributed by atoms with E-state index in [1.54, 1.807) is 10.9 Å². The van der Waals surface area contributed by atoms with Gasteiger partial charge in [-0.2, -0.15) is 10.2 Å². The van der Waals surface area contributed by atoms with Gasteiger partial charge in [0.1, 0.15) is 4.83 Å². The fourth-order valence-corrected chi connectivity index (χ4v) is 3.00. The average Bonchev–Trinajstić information content (AvgIpc) is 3.01. The van der Waals surface area contributed by atoms with E-state index < -0.39 is 0 Å². The molecule has 0 aliphatic rings. The third-order valence-corrected chi connectivity index (χ3v) is 4.20. The normalized spacial score (nSPS) is 11.1. The Balaban J connectivity index is 1.94. The lowest BCUT2D eigenvalue weighted by Crippen LogP contribution is -2.10.